The fourth-order valence-corrected chi connectivity index (χ4v) is 3.54. The van der Waals surface area contributed by atoms with Crippen LogP contribution in [-0.2, 0) is 11.3 Å². The predicted molar refractivity (Wildman–Crippen MR) is 86.5 cm³/mol. The lowest BCUT2D eigenvalue weighted by molar-refractivity contribution is 0.00662. The second-order valence-corrected chi connectivity index (χ2v) is 7.32. The minimum absolute atomic E-state index is 0.0661. The van der Waals surface area contributed by atoms with E-state index in [0.29, 0.717) is 6.54 Å². The first-order chi connectivity index (χ1) is 10.9. The molecule has 0 spiro atoms. The second-order valence-electron chi connectivity index (χ2n) is 7.32. The second kappa shape index (κ2) is 5.86. The van der Waals surface area contributed by atoms with Crippen molar-refractivity contribution in [1.29, 1.82) is 5.26 Å². The molecule has 2 aliphatic rings. The lowest BCUT2D eigenvalue weighted by Gasteiger charge is -2.38. The maximum Gasteiger partial charge on any atom is 0.410 e. The van der Waals surface area contributed by atoms with Crippen molar-refractivity contribution >= 4 is 6.09 Å². The van der Waals surface area contributed by atoms with Crippen LogP contribution in [0.25, 0.3) is 0 Å². The van der Waals surface area contributed by atoms with E-state index in [1.54, 1.807) is 4.90 Å². The summed E-state index contributed by atoms with van der Waals surface area (Å²) in [6.45, 7) is 6.99. The van der Waals surface area contributed by atoms with Gasteiger partial charge in [-0.25, -0.2) is 4.79 Å². The molecule has 0 aliphatic carbocycles. The van der Waals surface area contributed by atoms with Gasteiger partial charge in [0.05, 0.1) is 12.1 Å². The highest BCUT2D eigenvalue weighted by molar-refractivity contribution is 5.69. The Bertz CT molecular complexity index is 617. The lowest BCUT2D eigenvalue weighted by Crippen LogP contribution is -2.54. The van der Waals surface area contributed by atoms with Gasteiger partial charge in [-0.1, -0.05) is 30.3 Å². The van der Waals surface area contributed by atoms with E-state index in [2.05, 4.69) is 23.1 Å². The van der Waals surface area contributed by atoms with Crippen LogP contribution < -0.4 is 0 Å². The molecule has 1 amide bonds. The van der Waals surface area contributed by atoms with Crippen LogP contribution in [0.3, 0.4) is 0 Å². The van der Waals surface area contributed by atoms with E-state index in [0.717, 1.165) is 13.0 Å². The Kier molecular flexibility index (Phi) is 4.03. The van der Waals surface area contributed by atoms with Crippen molar-refractivity contribution in [3.63, 3.8) is 0 Å². The SMILES string of the molecule is CC(C)(C)OC(=O)N1C[C@H]2C[C@@H]1[C@H](C#N)N2Cc1ccccc1. The van der Waals surface area contributed by atoms with E-state index < -0.39 is 5.60 Å². The summed E-state index contributed by atoms with van der Waals surface area (Å²) in [5.74, 6) is 0. The van der Waals surface area contributed by atoms with Gasteiger partial charge in [0.15, 0.2) is 0 Å². The average Bonchev–Trinajstić information content (AvgIpc) is 3.04. The van der Waals surface area contributed by atoms with Crippen molar-refractivity contribution in [3.8, 4) is 6.07 Å². The van der Waals surface area contributed by atoms with Crippen LogP contribution in [0.5, 0.6) is 0 Å². The molecular formula is C18H23N3O2. The first-order valence-corrected chi connectivity index (χ1v) is 8.08. The van der Waals surface area contributed by atoms with E-state index in [4.69, 9.17) is 4.74 Å². The number of piperazine rings is 1. The van der Waals surface area contributed by atoms with Crippen LogP contribution in [0.15, 0.2) is 30.3 Å². The number of fused-ring (bicyclic) bond motifs is 2. The summed E-state index contributed by atoms with van der Waals surface area (Å²) in [5.41, 5.74) is 0.689. The molecule has 2 fully saturated rings. The lowest BCUT2D eigenvalue weighted by atomic mass is 10.1. The summed E-state index contributed by atoms with van der Waals surface area (Å²) in [4.78, 5) is 16.3. The van der Waals surface area contributed by atoms with Crippen LogP contribution >= 0.6 is 0 Å². The zero-order chi connectivity index (χ0) is 16.6. The van der Waals surface area contributed by atoms with Crippen LogP contribution in [0.4, 0.5) is 4.79 Å². The van der Waals surface area contributed by atoms with Gasteiger partial charge in [-0.3, -0.25) is 4.90 Å². The molecule has 0 radical (unpaired) electrons. The van der Waals surface area contributed by atoms with E-state index in [1.807, 2.05) is 39.0 Å². The number of nitriles is 1. The average molecular weight is 313 g/mol. The number of carbonyl (C=O) groups is 1. The number of likely N-dealkylation sites (tertiary alicyclic amines) is 2. The third-order valence-corrected chi connectivity index (χ3v) is 4.48. The zero-order valence-electron chi connectivity index (χ0n) is 13.9. The molecule has 0 unspecified atom stereocenters. The number of rotatable bonds is 2. The third kappa shape index (κ3) is 3.18. The largest absolute Gasteiger partial charge is 0.444 e. The van der Waals surface area contributed by atoms with Crippen LogP contribution in [0, 0.1) is 11.3 Å². The quantitative estimate of drug-likeness (QED) is 0.842. The molecule has 2 bridgehead atoms. The molecule has 2 heterocycles. The molecule has 122 valence electrons. The molecule has 3 rings (SSSR count). The molecule has 2 saturated heterocycles. The number of hydrogen-bond donors (Lipinski definition) is 0. The Morgan fingerprint density at radius 1 is 1.35 bits per heavy atom. The van der Waals surface area contributed by atoms with Gasteiger partial charge < -0.3 is 9.64 Å². The Balaban J connectivity index is 1.71. The van der Waals surface area contributed by atoms with Gasteiger partial charge in [0.25, 0.3) is 0 Å². The molecule has 0 aromatic heterocycles. The Labute approximate surface area is 137 Å². The van der Waals surface area contributed by atoms with Crippen LogP contribution in [0.2, 0.25) is 0 Å². The molecule has 3 atom stereocenters. The molecule has 1 aromatic rings. The fraction of sp³-hybridized carbons (Fsp3) is 0.556. The topological polar surface area (TPSA) is 56.6 Å². The minimum Gasteiger partial charge on any atom is -0.444 e. The summed E-state index contributed by atoms with van der Waals surface area (Å²) in [6, 6.07) is 12.5. The number of nitrogens with zero attached hydrogens (tertiary/aromatic N) is 3. The Morgan fingerprint density at radius 3 is 2.65 bits per heavy atom. The Morgan fingerprint density at radius 2 is 2.04 bits per heavy atom. The van der Waals surface area contributed by atoms with E-state index >= 15 is 0 Å². The summed E-state index contributed by atoms with van der Waals surface area (Å²) < 4.78 is 5.48. The van der Waals surface area contributed by atoms with Crippen molar-refractivity contribution in [2.75, 3.05) is 6.54 Å². The fourth-order valence-electron chi connectivity index (χ4n) is 3.54. The normalized spacial score (nSPS) is 27.0. The zero-order valence-corrected chi connectivity index (χ0v) is 13.9. The van der Waals surface area contributed by atoms with Gasteiger partial charge in [0.1, 0.15) is 11.6 Å². The van der Waals surface area contributed by atoms with Gasteiger partial charge in [0.2, 0.25) is 0 Å². The highest BCUT2D eigenvalue weighted by Crippen LogP contribution is 2.37. The number of carbonyl (C=O) groups excluding carboxylic acids is 1. The molecular weight excluding hydrogens is 290 g/mol. The van der Waals surface area contributed by atoms with Crippen molar-refractivity contribution in [1.82, 2.24) is 9.80 Å². The van der Waals surface area contributed by atoms with Gasteiger partial charge in [0, 0.05) is 19.1 Å². The maximum atomic E-state index is 12.4. The summed E-state index contributed by atoms with van der Waals surface area (Å²) >= 11 is 0. The summed E-state index contributed by atoms with van der Waals surface area (Å²) in [5, 5.41) is 9.60. The van der Waals surface area contributed by atoms with Crippen molar-refractivity contribution in [2.24, 2.45) is 0 Å². The molecule has 2 aliphatic heterocycles. The standard InChI is InChI=1S/C18H23N3O2/c1-18(2,3)23-17(22)21-12-14-9-15(21)16(10-19)20(14)11-13-7-5-4-6-8-13/h4-8,14-16H,9,11-12H2,1-3H3/t14-,15-,16+/m1/s1. The highest BCUT2D eigenvalue weighted by Gasteiger charge is 2.52. The summed E-state index contributed by atoms with van der Waals surface area (Å²) in [6.07, 6.45) is 0.550. The first-order valence-electron chi connectivity index (χ1n) is 8.08. The van der Waals surface area contributed by atoms with Gasteiger partial charge in [-0.2, -0.15) is 5.26 Å². The smallest absolute Gasteiger partial charge is 0.410 e. The number of benzene rings is 1. The molecule has 1 aromatic carbocycles. The van der Waals surface area contributed by atoms with Crippen molar-refractivity contribution in [2.45, 2.75) is 57.5 Å². The van der Waals surface area contributed by atoms with Crippen molar-refractivity contribution < 1.29 is 9.53 Å². The van der Waals surface area contributed by atoms with Gasteiger partial charge >= 0.3 is 6.09 Å². The molecule has 0 saturated carbocycles. The van der Waals surface area contributed by atoms with Gasteiger partial charge in [-0.05, 0) is 32.8 Å². The molecule has 5 nitrogen and oxygen atoms in total. The number of ether oxygens (including phenoxy) is 1. The van der Waals surface area contributed by atoms with E-state index in [9.17, 15) is 10.1 Å². The number of hydrogen-bond acceptors (Lipinski definition) is 4. The maximum absolute atomic E-state index is 12.4. The molecule has 5 heteroatoms. The van der Waals surface area contributed by atoms with Crippen LogP contribution in [0.1, 0.15) is 32.8 Å². The monoisotopic (exact) mass is 313 g/mol. The van der Waals surface area contributed by atoms with Crippen LogP contribution in [-0.4, -0.2) is 46.2 Å². The number of amides is 1. The highest BCUT2D eigenvalue weighted by atomic mass is 16.6. The van der Waals surface area contributed by atoms with Gasteiger partial charge in [-0.15, -0.1) is 0 Å². The predicted octanol–water partition coefficient (Wildman–Crippen LogP) is 2.77. The van der Waals surface area contributed by atoms with Crippen molar-refractivity contribution in [3.05, 3.63) is 35.9 Å². The molecule has 23 heavy (non-hydrogen) atoms. The Hall–Kier alpha value is -2.06. The minimum atomic E-state index is -0.509. The van der Waals surface area contributed by atoms with E-state index in [1.165, 1.54) is 5.56 Å². The third-order valence-electron chi connectivity index (χ3n) is 4.48. The first kappa shape index (κ1) is 15.8. The molecule has 0 N–H and O–H groups in total. The van der Waals surface area contributed by atoms with E-state index in [-0.39, 0.29) is 24.2 Å². The summed E-state index contributed by atoms with van der Waals surface area (Å²) in [7, 11) is 0.